The van der Waals surface area contributed by atoms with Gasteiger partial charge in [0.15, 0.2) is 0 Å². The van der Waals surface area contributed by atoms with E-state index in [1.54, 1.807) is 12.5 Å². The van der Waals surface area contributed by atoms with E-state index in [0.29, 0.717) is 12.6 Å². The number of hydrogen-bond donors (Lipinski definition) is 2. The number of imidazole rings is 1. The number of nitrogens with two attached hydrogens (primary N) is 1. The highest BCUT2D eigenvalue weighted by Gasteiger charge is 2.03. The number of nitrogens with zero attached hydrogens (tertiary/aromatic N) is 2. The Morgan fingerprint density at radius 3 is 2.71 bits per heavy atom. The van der Waals surface area contributed by atoms with Crippen molar-refractivity contribution in [2.75, 3.05) is 13.1 Å². The Bertz CT molecular complexity index is 433. The van der Waals surface area contributed by atoms with Crippen LogP contribution in [0.1, 0.15) is 18.5 Å². The lowest BCUT2D eigenvalue weighted by Crippen LogP contribution is -2.25. The fourth-order valence-electron chi connectivity index (χ4n) is 1.76. The summed E-state index contributed by atoms with van der Waals surface area (Å²) in [6.07, 6.45) is 5.51. The van der Waals surface area contributed by atoms with Crippen LogP contribution in [0.15, 0.2) is 43.0 Å². The van der Waals surface area contributed by atoms with Gasteiger partial charge in [-0.3, -0.25) is 0 Å². The Hall–Kier alpha value is -1.65. The van der Waals surface area contributed by atoms with Gasteiger partial charge < -0.3 is 15.6 Å². The largest absolute Gasteiger partial charge is 0.329 e. The van der Waals surface area contributed by atoms with Crippen LogP contribution in [-0.4, -0.2) is 22.6 Å². The topological polar surface area (TPSA) is 55.9 Å². The van der Waals surface area contributed by atoms with Crippen LogP contribution >= 0.6 is 0 Å². The Morgan fingerprint density at radius 1 is 1.35 bits per heavy atom. The van der Waals surface area contributed by atoms with Gasteiger partial charge in [-0.1, -0.05) is 12.1 Å². The zero-order valence-corrected chi connectivity index (χ0v) is 10.0. The summed E-state index contributed by atoms with van der Waals surface area (Å²) >= 11 is 0. The fraction of sp³-hybridized carbons (Fsp3) is 0.308. The second-order valence-electron chi connectivity index (χ2n) is 4.03. The van der Waals surface area contributed by atoms with Gasteiger partial charge in [0.1, 0.15) is 0 Å². The van der Waals surface area contributed by atoms with Gasteiger partial charge in [-0.05, 0) is 24.6 Å². The van der Waals surface area contributed by atoms with Gasteiger partial charge in [0, 0.05) is 37.2 Å². The first-order valence-corrected chi connectivity index (χ1v) is 5.83. The van der Waals surface area contributed by atoms with Gasteiger partial charge >= 0.3 is 0 Å². The molecule has 0 saturated heterocycles. The lowest BCUT2D eigenvalue weighted by Gasteiger charge is -2.14. The molecule has 0 aliphatic carbocycles. The molecule has 0 spiro atoms. The molecule has 0 fully saturated rings. The summed E-state index contributed by atoms with van der Waals surface area (Å²) in [6, 6.07) is 8.78. The number of aromatic nitrogens is 2. The van der Waals surface area contributed by atoms with Gasteiger partial charge in [-0.25, -0.2) is 4.98 Å². The Labute approximate surface area is 101 Å². The molecule has 0 radical (unpaired) electrons. The van der Waals surface area contributed by atoms with E-state index in [0.717, 1.165) is 12.2 Å². The molecular formula is C13H18N4. The van der Waals surface area contributed by atoms with Crippen LogP contribution in [0.25, 0.3) is 5.69 Å². The third-order valence-corrected chi connectivity index (χ3v) is 2.79. The minimum atomic E-state index is 0.329. The molecule has 0 amide bonds. The van der Waals surface area contributed by atoms with Crippen molar-refractivity contribution >= 4 is 0 Å². The van der Waals surface area contributed by atoms with E-state index in [1.165, 1.54) is 5.56 Å². The van der Waals surface area contributed by atoms with Gasteiger partial charge in [-0.2, -0.15) is 0 Å². The Morgan fingerprint density at radius 2 is 2.12 bits per heavy atom. The van der Waals surface area contributed by atoms with Crippen LogP contribution in [-0.2, 0) is 0 Å². The zero-order chi connectivity index (χ0) is 12.1. The van der Waals surface area contributed by atoms with E-state index < -0.39 is 0 Å². The predicted molar refractivity (Wildman–Crippen MR) is 69.0 cm³/mol. The molecule has 1 unspecified atom stereocenters. The molecular weight excluding hydrogens is 212 g/mol. The summed E-state index contributed by atoms with van der Waals surface area (Å²) < 4.78 is 1.99. The Balaban J connectivity index is 2.08. The van der Waals surface area contributed by atoms with Crippen LogP contribution < -0.4 is 11.1 Å². The van der Waals surface area contributed by atoms with Gasteiger partial charge in [-0.15, -0.1) is 0 Å². The minimum Gasteiger partial charge on any atom is -0.329 e. The molecule has 4 heteroatoms. The summed E-state index contributed by atoms with van der Waals surface area (Å²) in [6.45, 7) is 3.64. The van der Waals surface area contributed by atoms with E-state index >= 15 is 0 Å². The molecule has 1 heterocycles. The number of nitrogens with one attached hydrogen (secondary N) is 1. The summed E-state index contributed by atoms with van der Waals surface area (Å²) in [5.41, 5.74) is 7.86. The maximum atomic E-state index is 5.47. The van der Waals surface area contributed by atoms with Crippen LogP contribution in [0.2, 0.25) is 0 Å². The van der Waals surface area contributed by atoms with Crippen molar-refractivity contribution in [3.05, 3.63) is 48.5 Å². The molecule has 90 valence electrons. The van der Waals surface area contributed by atoms with Gasteiger partial charge in [0.05, 0.1) is 6.33 Å². The summed E-state index contributed by atoms with van der Waals surface area (Å²) in [7, 11) is 0. The second kappa shape index (κ2) is 5.61. The molecule has 0 aliphatic heterocycles. The molecule has 1 atom stereocenters. The third kappa shape index (κ3) is 2.93. The maximum Gasteiger partial charge on any atom is 0.0991 e. The van der Waals surface area contributed by atoms with Gasteiger partial charge in [0.2, 0.25) is 0 Å². The zero-order valence-electron chi connectivity index (χ0n) is 10.0. The van der Waals surface area contributed by atoms with E-state index in [9.17, 15) is 0 Å². The lowest BCUT2D eigenvalue weighted by atomic mass is 10.1. The van der Waals surface area contributed by atoms with Gasteiger partial charge in [0.25, 0.3) is 0 Å². The molecule has 0 saturated carbocycles. The molecule has 1 aromatic carbocycles. The highest BCUT2D eigenvalue weighted by Crippen LogP contribution is 2.15. The van der Waals surface area contributed by atoms with Crippen LogP contribution in [0, 0.1) is 0 Å². The van der Waals surface area contributed by atoms with E-state index in [-0.39, 0.29) is 0 Å². The van der Waals surface area contributed by atoms with E-state index in [2.05, 4.69) is 41.5 Å². The standard InChI is InChI=1S/C13H18N4/c1-11(16-7-6-14)12-2-4-13(5-3-12)17-9-8-15-10-17/h2-5,8-11,16H,6-7,14H2,1H3. The van der Waals surface area contributed by atoms with Crippen molar-refractivity contribution in [1.29, 1.82) is 0 Å². The SMILES string of the molecule is CC(NCCN)c1ccc(-n2ccnc2)cc1. The first-order chi connectivity index (χ1) is 8.31. The van der Waals surface area contributed by atoms with Crippen LogP contribution in [0.5, 0.6) is 0 Å². The van der Waals surface area contributed by atoms with Crippen molar-refractivity contribution < 1.29 is 0 Å². The maximum absolute atomic E-state index is 5.47. The molecule has 4 nitrogen and oxygen atoms in total. The van der Waals surface area contributed by atoms with Crippen molar-refractivity contribution in [3.63, 3.8) is 0 Å². The molecule has 3 N–H and O–H groups in total. The van der Waals surface area contributed by atoms with Crippen molar-refractivity contribution in [3.8, 4) is 5.69 Å². The average molecular weight is 230 g/mol. The van der Waals surface area contributed by atoms with E-state index in [4.69, 9.17) is 5.73 Å². The summed E-state index contributed by atoms with van der Waals surface area (Å²) in [5, 5.41) is 3.36. The molecule has 17 heavy (non-hydrogen) atoms. The highest BCUT2D eigenvalue weighted by atomic mass is 15.0. The summed E-state index contributed by atoms with van der Waals surface area (Å²) in [4.78, 5) is 4.03. The quantitative estimate of drug-likeness (QED) is 0.818. The number of rotatable bonds is 5. The highest BCUT2D eigenvalue weighted by molar-refractivity contribution is 5.35. The Kier molecular flexibility index (Phi) is 3.90. The van der Waals surface area contributed by atoms with E-state index in [1.807, 2.05) is 10.8 Å². The number of hydrogen-bond acceptors (Lipinski definition) is 3. The number of benzene rings is 1. The molecule has 1 aromatic heterocycles. The second-order valence-corrected chi connectivity index (χ2v) is 4.03. The lowest BCUT2D eigenvalue weighted by molar-refractivity contribution is 0.582. The molecule has 2 rings (SSSR count). The van der Waals surface area contributed by atoms with Crippen molar-refractivity contribution in [2.45, 2.75) is 13.0 Å². The average Bonchev–Trinajstić information content (AvgIpc) is 2.90. The molecule has 0 bridgehead atoms. The monoisotopic (exact) mass is 230 g/mol. The molecule has 2 aromatic rings. The first kappa shape index (κ1) is 11.8. The third-order valence-electron chi connectivity index (χ3n) is 2.79. The fourth-order valence-corrected chi connectivity index (χ4v) is 1.76. The van der Waals surface area contributed by atoms with Crippen LogP contribution in [0.4, 0.5) is 0 Å². The summed E-state index contributed by atoms with van der Waals surface area (Å²) in [5.74, 6) is 0. The van der Waals surface area contributed by atoms with Crippen LogP contribution in [0.3, 0.4) is 0 Å². The normalized spacial score (nSPS) is 12.6. The smallest absolute Gasteiger partial charge is 0.0991 e. The molecule has 0 aliphatic rings. The first-order valence-electron chi connectivity index (χ1n) is 5.83. The van der Waals surface area contributed by atoms with Crippen molar-refractivity contribution in [2.24, 2.45) is 5.73 Å². The van der Waals surface area contributed by atoms with Crippen molar-refractivity contribution in [1.82, 2.24) is 14.9 Å². The minimum absolute atomic E-state index is 0.329. The predicted octanol–water partition coefficient (Wildman–Crippen LogP) is 1.48.